The molecule has 1 fully saturated rings. The van der Waals surface area contributed by atoms with E-state index in [4.69, 9.17) is 29.5 Å². The summed E-state index contributed by atoms with van der Waals surface area (Å²) in [5.74, 6) is 0.158. The van der Waals surface area contributed by atoms with Gasteiger partial charge in [0.25, 0.3) is 0 Å². The molecule has 2 aliphatic heterocycles. The fourth-order valence-electron chi connectivity index (χ4n) is 2.51. The molecular weight excluding hydrogens is 317 g/mol. The highest BCUT2D eigenvalue weighted by Gasteiger charge is 2.50. The summed E-state index contributed by atoms with van der Waals surface area (Å²) < 4.78 is 27.0. The van der Waals surface area contributed by atoms with E-state index in [0.717, 1.165) is 0 Å². The average molecular weight is 337 g/mol. The molecular formula is C11H20N3O7P. The zero-order valence-electron chi connectivity index (χ0n) is 12.1. The SMILES string of the molecule is CC[C@H]1O[C@@H](N2C=CC(N)=NC2O)C(OC)C1OP(=O)(O)O. The van der Waals surface area contributed by atoms with E-state index in [1.54, 1.807) is 6.92 Å². The van der Waals surface area contributed by atoms with Crippen LogP contribution in [0.4, 0.5) is 0 Å². The van der Waals surface area contributed by atoms with Crippen LogP contribution in [0.3, 0.4) is 0 Å². The van der Waals surface area contributed by atoms with Gasteiger partial charge in [0, 0.05) is 13.3 Å². The molecule has 2 rings (SSSR count). The first-order chi connectivity index (χ1) is 10.3. The van der Waals surface area contributed by atoms with Gasteiger partial charge in [-0.1, -0.05) is 6.92 Å². The number of rotatable bonds is 5. The highest BCUT2D eigenvalue weighted by molar-refractivity contribution is 7.46. The Morgan fingerprint density at radius 2 is 2.18 bits per heavy atom. The second kappa shape index (κ2) is 6.63. The van der Waals surface area contributed by atoms with Crippen LogP contribution >= 0.6 is 7.82 Å². The number of amidine groups is 1. The van der Waals surface area contributed by atoms with Crippen molar-refractivity contribution in [2.45, 2.75) is 44.2 Å². The van der Waals surface area contributed by atoms with Crippen LogP contribution in [0.1, 0.15) is 13.3 Å². The number of hydrogen-bond acceptors (Lipinski definition) is 8. The zero-order valence-corrected chi connectivity index (χ0v) is 13.0. The Balaban J connectivity index is 2.22. The average Bonchev–Trinajstić information content (AvgIpc) is 2.74. The molecule has 0 aliphatic carbocycles. The molecule has 0 aromatic heterocycles. The van der Waals surface area contributed by atoms with Crippen LogP contribution in [0.5, 0.6) is 0 Å². The summed E-state index contributed by atoms with van der Waals surface area (Å²) in [6.07, 6.45) is -1.12. The minimum absolute atomic E-state index is 0.158. The monoisotopic (exact) mass is 337 g/mol. The number of aliphatic imine (C=N–C) groups is 1. The third kappa shape index (κ3) is 3.66. The molecule has 10 nitrogen and oxygen atoms in total. The van der Waals surface area contributed by atoms with Gasteiger partial charge >= 0.3 is 7.82 Å². The molecule has 126 valence electrons. The first-order valence-electron chi connectivity index (χ1n) is 6.66. The lowest BCUT2D eigenvalue weighted by Gasteiger charge is -2.34. The van der Waals surface area contributed by atoms with Crippen molar-refractivity contribution in [3.8, 4) is 0 Å². The number of aliphatic hydroxyl groups excluding tert-OH is 1. The normalized spacial score (nSPS) is 35.8. The minimum atomic E-state index is -4.71. The lowest BCUT2D eigenvalue weighted by molar-refractivity contribution is -0.131. The predicted molar refractivity (Wildman–Crippen MR) is 75.3 cm³/mol. The largest absolute Gasteiger partial charge is 0.470 e. The quantitative estimate of drug-likeness (QED) is 0.467. The Hall–Kier alpha value is -1.00. The van der Waals surface area contributed by atoms with Crippen molar-refractivity contribution in [3.05, 3.63) is 12.3 Å². The van der Waals surface area contributed by atoms with Crippen LogP contribution in [0, 0.1) is 0 Å². The smallest absolute Gasteiger partial charge is 0.384 e. The van der Waals surface area contributed by atoms with Crippen molar-refractivity contribution in [2.75, 3.05) is 7.11 Å². The molecule has 22 heavy (non-hydrogen) atoms. The molecule has 2 aliphatic rings. The fraction of sp³-hybridized carbons (Fsp3) is 0.727. The molecule has 5 atom stereocenters. The van der Waals surface area contributed by atoms with Crippen LogP contribution in [-0.4, -0.2) is 63.6 Å². The first kappa shape index (κ1) is 17.4. The van der Waals surface area contributed by atoms with E-state index >= 15 is 0 Å². The summed E-state index contributed by atoms with van der Waals surface area (Å²) >= 11 is 0. The minimum Gasteiger partial charge on any atom is -0.384 e. The van der Waals surface area contributed by atoms with Crippen LogP contribution < -0.4 is 5.73 Å². The molecule has 3 unspecified atom stereocenters. The second-order valence-corrected chi connectivity index (χ2v) is 6.09. The van der Waals surface area contributed by atoms with Crippen molar-refractivity contribution in [3.63, 3.8) is 0 Å². The Morgan fingerprint density at radius 3 is 2.68 bits per heavy atom. The summed E-state index contributed by atoms with van der Waals surface area (Å²) in [5.41, 5.74) is 5.49. The van der Waals surface area contributed by atoms with Crippen LogP contribution in [0.25, 0.3) is 0 Å². The van der Waals surface area contributed by atoms with Gasteiger partial charge in [-0.25, -0.2) is 9.56 Å². The predicted octanol–water partition coefficient (Wildman–Crippen LogP) is -0.923. The number of nitrogens with two attached hydrogens (primary N) is 1. The van der Waals surface area contributed by atoms with E-state index < -0.39 is 38.7 Å². The van der Waals surface area contributed by atoms with Gasteiger partial charge < -0.3 is 35.0 Å². The van der Waals surface area contributed by atoms with E-state index in [2.05, 4.69) is 4.99 Å². The third-order valence-electron chi connectivity index (χ3n) is 3.46. The summed E-state index contributed by atoms with van der Waals surface area (Å²) in [7, 11) is -3.35. The summed E-state index contributed by atoms with van der Waals surface area (Å²) in [6, 6.07) is 0. The van der Waals surface area contributed by atoms with Gasteiger partial charge in [-0.15, -0.1) is 0 Å². The zero-order chi connectivity index (χ0) is 16.5. The van der Waals surface area contributed by atoms with Crippen LogP contribution in [0.2, 0.25) is 0 Å². The third-order valence-corrected chi connectivity index (χ3v) is 3.98. The highest BCUT2D eigenvalue weighted by Crippen LogP contribution is 2.43. The number of hydrogen-bond donors (Lipinski definition) is 4. The van der Waals surface area contributed by atoms with Gasteiger partial charge in [-0.2, -0.15) is 0 Å². The van der Waals surface area contributed by atoms with Gasteiger partial charge in [0.1, 0.15) is 18.0 Å². The van der Waals surface area contributed by atoms with E-state index in [1.807, 2.05) is 0 Å². The van der Waals surface area contributed by atoms with Crippen molar-refractivity contribution in [1.29, 1.82) is 0 Å². The van der Waals surface area contributed by atoms with E-state index in [9.17, 15) is 9.67 Å². The lowest BCUT2D eigenvalue weighted by atomic mass is 10.1. The molecule has 5 N–H and O–H groups in total. The number of phosphoric acid groups is 1. The maximum Gasteiger partial charge on any atom is 0.470 e. The molecule has 11 heteroatoms. The fourth-order valence-corrected chi connectivity index (χ4v) is 3.08. The molecule has 0 amide bonds. The highest BCUT2D eigenvalue weighted by atomic mass is 31.2. The number of methoxy groups -OCH3 is 1. The van der Waals surface area contributed by atoms with E-state index in [0.29, 0.717) is 6.42 Å². The summed E-state index contributed by atoms with van der Waals surface area (Å²) in [5, 5.41) is 9.97. The molecule has 0 saturated carbocycles. The number of ether oxygens (including phenoxy) is 2. The molecule has 0 radical (unpaired) electrons. The standard InChI is InChI=1S/C11H20N3O7P/c1-3-6-8(21-22(16,17)18)9(19-2)10(20-6)14-5-4-7(12)13-11(14)15/h4-6,8-11,15H,3H2,1-2H3,(H2,12,13)(H2,16,17,18)/t6-,8?,9?,10-,11?/m1/s1. The maximum atomic E-state index is 11.1. The summed E-state index contributed by atoms with van der Waals surface area (Å²) in [6.45, 7) is 1.79. The number of phosphoric ester groups is 1. The molecule has 0 spiro atoms. The number of aliphatic hydroxyl groups is 1. The number of nitrogens with zero attached hydrogens (tertiary/aromatic N) is 2. The van der Waals surface area contributed by atoms with Gasteiger partial charge in [0.15, 0.2) is 6.23 Å². The lowest BCUT2D eigenvalue weighted by Crippen LogP contribution is -2.48. The Kier molecular flexibility index (Phi) is 5.23. The van der Waals surface area contributed by atoms with Gasteiger partial charge in [-0.05, 0) is 12.5 Å². The van der Waals surface area contributed by atoms with Crippen molar-refractivity contribution in [2.24, 2.45) is 10.7 Å². The summed E-state index contributed by atoms with van der Waals surface area (Å²) in [4.78, 5) is 23.2. The van der Waals surface area contributed by atoms with E-state index in [1.165, 1.54) is 24.3 Å². The van der Waals surface area contributed by atoms with Crippen LogP contribution in [-0.2, 0) is 18.6 Å². The second-order valence-electron chi connectivity index (χ2n) is 4.90. The maximum absolute atomic E-state index is 11.1. The molecule has 0 aromatic carbocycles. The van der Waals surface area contributed by atoms with E-state index in [-0.39, 0.29) is 5.84 Å². The van der Waals surface area contributed by atoms with Crippen LogP contribution in [0.15, 0.2) is 17.3 Å². The van der Waals surface area contributed by atoms with Crippen molar-refractivity contribution in [1.82, 2.24) is 4.90 Å². The first-order valence-corrected chi connectivity index (χ1v) is 8.19. The van der Waals surface area contributed by atoms with Gasteiger partial charge in [0.05, 0.1) is 6.10 Å². The molecule has 0 aromatic rings. The Morgan fingerprint density at radius 1 is 1.50 bits per heavy atom. The van der Waals surface area contributed by atoms with Gasteiger partial charge in [0.2, 0.25) is 6.35 Å². The van der Waals surface area contributed by atoms with Gasteiger partial charge in [-0.3, -0.25) is 4.52 Å². The van der Waals surface area contributed by atoms with Crippen molar-refractivity contribution < 1.29 is 33.5 Å². The molecule has 2 heterocycles. The Bertz CT molecular complexity index is 508. The van der Waals surface area contributed by atoms with Crippen molar-refractivity contribution >= 4 is 13.7 Å². The molecule has 1 saturated heterocycles. The Labute approximate surface area is 127 Å². The molecule has 0 bridgehead atoms. The topological polar surface area (TPSA) is 147 Å².